The van der Waals surface area contributed by atoms with Crippen molar-refractivity contribution in [2.24, 2.45) is 16.5 Å². The summed E-state index contributed by atoms with van der Waals surface area (Å²) >= 11 is 1.12. The van der Waals surface area contributed by atoms with Gasteiger partial charge in [-0.15, -0.1) is 0 Å². The molecule has 7 N–H and O–H groups in total. The fourth-order valence-corrected chi connectivity index (χ4v) is 4.18. The molecule has 10 heteroatoms. The number of anilines is 1. The lowest BCUT2D eigenvalue weighted by atomic mass is 10.1. The fraction of sp³-hybridized carbons (Fsp3) is 0.350. The van der Waals surface area contributed by atoms with Crippen LogP contribution in [-0.4, -0.2) is 47.8 Å². The summed E-state index contributed by atoms with van der Waals surface area (Å²) in [6, 6.07) is 6.13. The Kier molecular flexibility index (Phi) is 7.01. The summed E-state index contributed by atoms with van der Waals surface area (Å²) < 4.78 is 13.5. The van der Waals surface area contributed by atoms with Crippen LogP contribution >= 0.6 is 11.3 Å². The highest BCUT2D eigenvalue weighted by atomic mass is 32.1. The summed E-state index contributed by atoms with van der Waals surface area (Å²) in [5, 5.41) is 3.46. The minimum atomic E-state index is -0.504. The van der Waals surface area contributed by atoms with Crippen LogP contribution in [-0.2, 0) is 0 Å². The van der Waals surface area contributed by atoms with Crippen LogP contribution < -0.4 is 22.5 Å². The van der Waals surface area contributed by atoms with Crippen LogP contribution in [0.2, 0.25) is 0 Å². The molecule has 2 heterocycles. The highest BCUT2D eigenvalue weighted by molar-refractivity contribution is 7.19. The van der Waals surface area contributed by atoms with Crippen molar-refractivity contribution in [2.45, 2.75) is 25.3 Å². The van der Waals surface area contributed by atoms with Gasteiger partial charge >= 0.3 is 0 Å². The Labute approximate surface area is 178 Å². The fourth-order valence-electron chi connectivity index (χ4n) is 3.36. The Balaban J connectivity index is 1.78. The second kappa shape index (κ2) is 9.68. The normalized spacial score (nSPS) is 18.2. The molecule has 0 aliphatic carbocycles. The number of nitrogens with one attached hydrogen (secondary N) is 1. The number of amides is 1. The number of aromatic nitrogens is 1. The van der Waals surface area contributed by atoms with E-state index in [1.165, 1.54) is 18.3 Å². The second-order valence-electron chi connectivity index (χ2n) is 7.00. The summed E-state index contributed by atoms with van der Waals surface area (Å²) in [6.07, 6.45) is 4.02. The zero-order valence-corrected chi connectivity index (χ0v) is 17.6. The maximum Gasteiger partial charge on any atom is 0.277 e. The number of nitrogen functional groups attached to an aromatic ring is 1. The van der Waals surface area contributed by atoms with Gasteiger partial charge in [0.2, 0.25) is 0 Å². The molecule has 1 fully saturated rings. The number of amidine groups is 1. The Hall–Kier alpha value is -2.98. The van der Waals surface area contributed by atoms with Crippen LogP contribution in [0.15, 0.2) is 41.2 Å². The Bertz CT molecular complexity index is 972. The molecule has 8 nitrogen and oxygen atoms in total. The van der Waals surface area contributed by atoms with Gasteiger partial charge in [0.05, 0.1) is 5.70 Å². The highest BCUT2D eigenvalue weighted by Gasteiger charge is 2.23. The number of nitrogens with zero attached hydrogens (tertiary/aromatic N) is 3. The van der Waals surface area contributed by atoms with Gasteiger partial charge in [-0.3, -0.25) is 9.79 Å². The van der Waals surface area contributed by atoms with E-state index in [1.807, 2.05) is 0 Å². The van der Waals surface area contributed by atoms with Gasteiger partial charge in [0.1, 0.15) is 21.7 Å². The van der Waals surface area contributed by atoms with Gasteiger partial charge in [0.15, 0.2) is 5.69 Å². The third-order valence-electron chi connectivity index (χ3n) is 4.88. The molecule has 1 aromatic heterocycles. The van der Waals surface area contributed by atoms with E-state index in [1.54, 1.807) is 19.2 Å². The molecule has 30 heavy (non-hydrogen) atoms. The predicted octanol–water partition coefficient (Wildman–Crippen LogP) is 1.90. The van der Waals surface area contributed by atoms with Crippen molar-refractivity contribution in [1.29, 1.82) is 0 Å². The molecule has 1 amide bonds. The van der Waals surface area contributed by atoms with E-state index in [9.17, 15) is 9.18 Å². The molecule has 2 aromatic rings. The van der Waals surface area contributed by atoms with Crippen LogP contribution in [0.1, 0.15) is 29.8 Å². The topological polar surface area (TPSA) is 136 Å². The number of carbonyl (C=O) groups is 1. The third-order valence-corrected chi connectivity index (χ3v) is 5.81. The van der Waals surface area contributed by atoms with Gasteiger partial charge in [-0.25, -0.2) is 9.37 Å². The molecule has 160 valence electrons. The molecular formula is C20H26FN7OS. The van der Waals surface area contributed by atoms with Crippen molar-refractivity contribution in [3.63, 3.8) is 0 Å². The maximum atomic E-state index is 13.5. The molecule has 0 radical (unpaired) electrons. The summed E-state index contributed by atoms with van der Waals surface area (Å²) in [4.78, 5) is 23.6. The van der Waals surface area contributed by atoms with E-state index in [4.69, 9.17) is 17.2 Å². The van der Waals surface area contributed by atoms with Crippen LogP contribution in [0.4, 0.5) is 9.39 Å². The minimum Gasteiger partial charge on any atom is -0.403 e. The zero-order chi connectivity index (χ0) is 21.7. The first kappa shape index (κ1) is 21.7. The molecule has 3 rings (SSSR count). The van der Waals surface area contributed by atoms with Crippen LogP contribution in [0, 0.1) is 5.82 Å². The molecule has 1 saturated heterocycles. The average Bonchev–Trinajstić information content (AvgIpc) is 3.00. The van der Waals surface area contributed by atoms with E-state index < -0.39 is 5.91 Å². The number of nitrogens with two attached hydrogens (primary N) is 3. The predicted molar refractivity (Wildman–Crippen MR) is 118 cm³/mol. The van der Waals surface area contributed by atoms with Gasteiger partial charge in [-0.1, -0.05) is 23.5 Å². The lowest BCUT2D eigenvalue weighted by Crippen LogP contribution is -2.40. The largest absolute Gasteiger partial charge is 0.403 e. The quantitative estimate of drug-likeness (QED) is 0.431. The van der Waals surface area contributed by atoms with Gasteiger partial charge in [-0.05, 0) is 31.4 Å². The van der Waals surface area contributed by atoms with Crippen molar-refractivity contribution in [3.8, 4) is 10.6 Å². The smallest absolute Gasteiger partial charge is 0.277 e. The molecular weight excluding hydrogens is 405 g/mol. The summed E-state index contributed by atoms with van der Waals surface area (Å²) in [5.74, 6) is -0.309. The highest BCUT2D eigenvalue weighted by Crippen LogP contribution is 2.30. The van der Waals surface area contributed by atoms with E-state index in [0.717, 1.165) is 43.7 Å². The van der Waals surface area contributed by atoms with E-state index in [2.05, 4.69) is 20.2 Å². The molecule has 1 aliphatic heterocycles. The number of thiazole rings is 1. The first-order valence-corrected chi connectivity index (χ1v) is 10.5. The number of benzene rings is 1. The maximum absolute atomic E-state index is 13.5. The van der Waals surface area contributed by atoms with Gasteiger partial charge in [0, 0.05) is 37.9 Å². The van der Waals surface area contributed by atoms with Crippen LogP contribution in [0.3, 0.4) is 0 Å². The second-order valence-corrected chi connectivity index (χ2v) is 8.03. The van der Waals surface area contributed by atoms with Crippen molar-refractivity contribution >= 4 is 28.1 Å². The molecule has 0 bridgehead atoms. The molecule has 0 spiro atoms. The molecule has 0 unspecified atom stereocenters. The minimum absolute atomic E-state index is 0.0620. The standard InChI is InChI=1S/C20H26FN7OS/c1-25-18(28-8-3-6-14(23)7-9-28)15(11-22)26-19(29)16-17(24)30-20(27-16)12-4-2-5-13(21)10-12/h2,4-5,10-11,14H,3,6-9,22-24H2,1H3,(H,26,29)/t14-/m1/s1. The SMILES string of the molecule is CN=C(C(=CN)NC(=O)c1nc(-c2cccc(F)c2)sc1N)N1CCC[C@@H](N)CC1. The molecule has 1 aliphatic rings. The first-order valence-electron chi connectivity index (χ1n) is 9.66. The van der Waals surface area contributed by atoms with E-state index in [0.29, 0.717) is 22.1 Å². The van der Waals surface area contributed by atoms with Gasteiger partial charge in [0.25, 0.3) is 5.91 Å². The molecule has 1 aromatic carbocycles. The average molecular weight is 432 g/mol. The number of hydrogen-bond acceptors (Lipinski definition) is 7. The van der Waals surface area contributed by atoms with Crippen LogP contribution in [0.5, 0.6) is 0 Å². The number of aliphatic imine (C=N–C) groups is 1. The zero-order valence-electron chi connectivity index (χ0n) is 16.8. The van der Waals surface area contributed by atoms with Crippen molar-refractivity contribution in [1.82, 2.24) is 15.2 Å². The number of rotatable bonds is 4. The van der Waals surface area contributed by atoms with Gasteiger partial charge < -0.3 is 27.4 Å². The lowest BCUT2D eigenvalue weighted by Gasteiger charge is -2.25. The monoisotopic (exact) mass is 431 g/mol. The van der Waals surface area contributed by atoms with E-state index in [-0.39, 0.29) is 22.6 Å². The van der Waals surface area contributed by atoms with E-state index >= 15 is 0 Å². The Morgan fingerprint density at radius 3 is 2.90 bits per heavy atom. The summed E-state index contributed by atoms with van der Waals surface area (Å²) in [6.45, 7) is 1.50. The van der Waals surface area contributed by atoms with Crippen molar-refractivity contribution in [2.75, 3.05) is 25.9 Å². The summed E-state index contributed by atoms with van der Waals surface area (Å²) in [7, 11) is 1.65. The Morgan fingerprint density at radius 2 is 2.20 bits per heavy atom. The van der Waals surface area contributed by atoms with Crippen LogP contribution in [0.25, 0.3) is 10.6 Å². The number of carbonyl (C=O) groups excluding carboxylic acids is 1. The number of likely N-dealkylation sites (tertiary alicyclic amines) is 1. The molecule has 0 saturated carbocycles. The third kappa shape index (κ3) is 4.95. The van der Waals surface area contributed by atoms with Crippen molar-refractivity contribution < 1.29 is 9.18 Å². The lowest BCUT2D eigenvalue weighted by molar-refractivity contribution is 0.0964. The van der Waals surface area contributed by atoms with Crippen molar-refractivity contribution in [3.05, 3.63) is 47.7 Å². The molecule has 1 atom stereocenters. The first-order chi connectivity index (χ1) is 14.4. The van der Waals surface area contributed by atoms with Gasteiger partial charge in [-0.2, -0.15) is 0 Å². The summed E-state index contributed by atoms with van der Waals surface area (Å²) in [5.41, 5.74) is 18.9. The Morgan fingerprint density at radius 1 is 1.40 bits per heavy atom. The number of halogens is 1. The number of hydrogen-bond donors (Lipinski definition) is 4.